The predicted molar refractivity (Wildman–Crippen MR) is 126 cm³/mol. The van der Waals surface area contributed by atoms with Gasteiger partial charge in [0.25, 0.3) is 5.91 Å². The Kier molecular flexibility index (Phi) is 7.66. The molecule has 0 heterocycles. The third-order valence-electron chi connectivity index (χ3n) is 5.13. The minimum absolute atomic E-state index is 0.148. The minimum Gasteiger partial charge on any atom is -0.483 e. The molecule has 0 radical (unpaired) electrons. The number of aryl methyl sites for hydroxylation is 3. The highest BCUT2D eigenvalue weighted by atomic mass is 32.2. The normalized spacial score (nSPS) is 11.2. The summed E-state index contributed by atoms with van der Waals surface area (Å²) in [5.74, 6) is 0.192. The Balaban J connectivity index is 1.62. The van der Waals surface area contributed by atoms with Gasteiger partial charge in [0.1, 0.15) is 5.75 Å². The Labute approximate surface area is 189 Å². The molecule has 0 aliphatic rings. The molecule has 3 rings (SSSR count). The van der Waals surface area contributed by atoms with Crippen molar-refractivity contribution in [3.63, 3.8) is 0 Å². The van der Waals surface area contributed by atoms with E-state index in [0.717, 1.165) is 28.8 Å². The van der Waals surface area contributed by atoms with Crippen LogP contribution >= 0.6 is 0 Å². The zero-order valence-electron chi connectivity index (χ0n) is 18.5. The Morgan fingerprint density at radius 2 is 1.69 bits per heavy atom. The molecule has 0 unspecified atom stereocenters. The van der Waals surface area contributed by atoms with Crippen molar-refractivity contribution in [2.45, 2.75) is 38.6 Å². The van der Waals surface area contributed by atoms with Crippen LogP contribution in [0.3, 0.4) is 0 Å². The van der Waals surface area contributed by atoms with E-state index in [0.29, 0.717) is 11.3 Å². The number of sulfonamides is 1. The van der Waals surface area contributed by atoms with Crippen LogP contribution in [0.2, 0.25) is 0 Å². The van der Waals surface area contributed by atoms with Gasteiger partial charge in [0.05, 0.1) is 4.90 Å². The molecule has 7 heteroatoms. The fraction of sp³-hybridized carbons (Fsp3) is 0.240. The van der Waals surface area contributed by atoms with Crippen LogP contribution in [-0.4, -0.2) is 20.9 Å². The first kappa shape index (κ1) is 23.5. The lowest BCUT2D eigenvalue weighted by molar-refractivity contribution is -0.118. The molecule has 2 N–H and O–H groups in total. The van der Waals surface area contributed by atoms with Gasteiger partial charge in [-0.2, -0.15) is 0 Å². The first-order valence-corrected chi connectivity index (χ1v) is 11.9. The molecule has 3 aromatic carbocycles. The van der Waals surface area contributed by atoms with E-state index < -0.39 is 10.0 Å². The number of rotatable bonds is 9. The van der Waals surface area contributed by atoms with E-state index >= 15 is 0 Å². The molecule has 3 aromatic rings. The van der Waals surface area contributed by atoms with Crippen LogP contribution in [0.5, 0.6) is 5.75 Å². The number of carbonyl (C=O) groups is 1. The first-order chi connectivity index (χ1) is 15.3. The number of benzene rings is 3. The second kappa shape index (κ2) is 10.4. The summed E-state index contributed by atoms with van der Waals surface area (Å²) in [6.07, 6.45) is 0.811. The van der Waals surface area contributed by atoms with Crippen molar-refractivity contribution in [1.29, 1.82) is 0 Å². The van der Waals surface area contributed by atoms with Crippen molar-refractivity contribution in [2.24, 2.45) is 0 Å². The maximum absolute atomic E-state index is 12.6. The second-order valence-corrected chi connectivity index (χ2v) is 9.30. The maximum atomic E-state index is 12.6. The molecule has 168 valence electrons. The molecule has 0 spiro atoms. The zero-order valence-corrected chi connectivity index (χ0v) is 19.3. The maximum Gasteiger partial charge on any atom is 0.262 e. The highest BCUT2D eigenvalue weighted by Gasteiger charge is 2.16. The van der Waals surface area contributed by atoms with Crippen molar-refractivity contribution in [3.05, 3.63) is 89.0 Å². The van der Waals surface area contributed by atoms with Crippen LogP contribution in [0.1, 0.15) is 29.2 Å². The van der Waals surface area contributed by atoms with Gasteiger partial charge in [-0.25, -0.2) is 13.1 Å². The fourth-order valence-corrected chi connectivity index (χ4v) is 4.43. The molecule has 1 amide bonds. The Morgan fingerprint density at radius 3 is 2.38 bits per heavy atom. The number of carbonyl (C=O) groups excluding carboxylic acids is 1. The van der Waals surface area contributed by atoms with E-state index in [2.05, 4.69) is 10.0 Å². The van der Waals surface area contributed by atoms with E-state index in [4.69, 9.17) is 4.74 Å². The zero-order chi connectivity index (χ0) is 23.1. The lowest BCUT2D eigenvalue weighted by Gasteiger charge is -2.14. The van der Waals surface area contributed by atoms with Crippen molar-refractivity contribution >= 4 is 21.6 Å². The summed E-state index contributed by atoms with van der Waals surface area (Å²) in [6.45, 7) is 5.77. The first-order valence-electron chi connectivity index (χ1n) is 10.5. The number of hydrogen-bond acceptors (Lipinski definition) is 4. The smallest absolute Gasteiger partial charge is 0.262 e. The number of anilines is 1. The number of para-hydroxylation sites is 1. The lowest BCUT2D eigenvalue weighted by Crippen LogP contribution is -2.23. The van der Waals surface area contributed by atoms with Crippen LogP contribution in [0, 0.1) is 13.8 Å². The summed E-state index contributed by atoms with van der Waals surface area (Å²) in [7, 11) is -3.67. The summed E-state index contributed by atoms with van der Waals surface area (Å²) >= 11 is 0. The van der Waals surface area contributed by atoms with Crippen LogP contribution in [0.4, 0.5) is 5.69 Å². The summed E-state index contributed by atoms with van der Waals surface area (Å²) in [5.41, 5.74) is 4.37. The molecular formula is C25H28N2O4S. The summed E-state index contributed by atoms with van der Waals surface area (Å²) in [4.78, 5) is 12.6. The van der Waals surface area contributed by atoms with Gasteiger partial charge in [-0.15, -0.1) is 0 Å². The number of hydrogen-bond donors (Lipinski definition) is 2. The largest absolute Gasteiger partial charge is 0.483 e. The molecular weight excluding hydrogens is 424 g/mol. The standard InChI is InChI=1S/C25H28N2O4S/c1-4-21-12-8-9-18(2)25(21)27-24(28)17-31-23-14-13-22(15-19(23)3)32(29,30)26-16-20-10-6-5-7-11-20/h5-15,26H,4,16-17H2,1-3H3,(H,27,28). The number of ether oxygens (including phenoxy) is 1. The van der Waals surface area contributed by atoms with E-state index in [1.54, 1.807) is 13.0 Å². The molecule has 0 aliphatic heterocycles. The highest BCUT2D eigenvalue weighted by Crippen LogP contribution is 2.23. The van der Waals surface area contributed by atoms with Gasteiger partial charge in [0, 0.05) is 12.2 Å². The van der Waals surface area contributed by atoms with Crippen molar-refractivity contribution < 1.29 is 17.9 Å². The molecule has 0 aromatic heterocycles. The summed E-state index contributed by atoms with van der Waals surface area (Å²) in [5, 5.41) is 2.92. The Bertz CT molecular complexity index is 1190. The van der Waals surface area contributed by atoms with E-state index in [1.807, 2.05) is 62.4 Å². The molecule has 0 bridgehead atoms. The molecule has 0 aliphatic carbocycles. The third kappa shape index (κ3) is 5.96. The van der Waals surface area contributed by atoms with Gasteiger partial charge in [-0.05, 0) is 60.7 Å². The number of amides is 1. The van der Waals surface area contributed by atoms with Crippen molar-refractivity contribution in [1.82, 2.24) is 4.72 Å². The van der Waals surface area contributed by atoms with E-state index in [9.17, 15) is 13.2 Å². The SMILES string of the molecule is CCc1cccc(C)c1NC(=O)COc1ccc(S(=O)(=O)NCc2ccccc2)cc1C. The topological polar surface area (TPSA) is 84.5 Å². The fourth-order valence-electron chi connectivity index (χ4n) is 3.33. The minimum atomic E-state index is -3.67. The van der Waals surface area contributed by atoms with Gasteiger partial charge in [-0.3, -0.25) is 4.79 Å². The highest BCUT2D eigenvalue weighted by molar-refractivity contribution is 7.89. The van der Waals surface area contributed by atoms with Crippen molar-refractivity contribution in [3.8, 4) is 5.75 Å². The van der Waals surface area contributed by atoms with Gasteiger partial charge >= 0.3 is 0 Å². The van der Waals surface area contributed by atoms with Crippen LogP contribution in [0.25, 0.3) is 0 Å². The average Bonchev–Trinajstić information content (AvgIpc) is 2.79. The summed E-state index contributed by atoms with van der Waals surface area (Å²) < 4.78 is 33.5. The third-order valence-corrected chi connectivity index (χ3v) is 6.53. The monoisotopic (exact) mass is 452 g/mol. The quantitative estimate of drug-likeness (QED) is 0.505. The molecule has 0 fully saturated rings. The Morgan fingerprint density at radius 1 is 0.938 bits per heavy atom. The molecule has 0 saturated heterocycles. The Hall–Kier alpha value is -3.16. The van der Waals surface area contributed by atoms with Gasteiger partial charge in [0.2, 0.25) is 10.0 Å². The van der Waals surface area contributed by atoms with Crippen LogP contribution < -0.4 is 14.8 Å². The number of nitrogens with one attached hydrogen (secondary N) is 2. The molecule has 0 saturated carbocycles. The lowest BCUT2D eigenvalue weighted by atomic mass is 10.1. The second-order valence-electron chi connectivity index (χ2n) is 7.54. The van der Waals surface area contributed by atoms with E-state index in [1.165, 1.54) is 12.1 Å². The molecule has 6 nitrogen and oxygen atoms in total. The van der Waals surface area contributed by atoms with Gasteiger partial charge in [-0.1, -0.05) is 55.5 Å². The van der Waals surface area contributed by atoms with Crippen LogP contribution in [0.15, 0.2) is 71.6 Å². The molecule has 32 heavy (non-hydrogen) atoms. The van der Waals surface area contributed by atoms with E-state index in [-0.39, 0.29) is 24.0 Å². The van der Waals surface area contributed by atoms with Crippen molar-refractivity contribution in [2.75, 3.05) is 11.9 Å². The van der Waals surface area contributed by atoms with Gasteiger partial charge in [0.15, 0.2) is 6.61 Å². The summed E-state index contributed by atoms with van der Waals surface area (Å²) in [6, 6.07) is 19.8. The predicted octanol–water partition coefficient (Wildman–Crippen LogP) is 4.36. The average molecular weight is 453 g/mol. The molecule has 0 atom stereocenters. The van der Waals surface area contributed by atoms with Gasteiger partial charge < -0.3 is 10.1 Å². The van der Waals surface area contributed by atoms with Crippen LogP contribution in [-0.2, 0) is 27.8 Å².